The second-order valence-corrected chi connectivity index (χ2v) is 4.43. The van der Waals surface area contributed by atoms with E-state index in [0.29, 0.717) is 5.56 Å². The summed E-state index contributed by atoms with van der Waals surface area (Å²) in [5.74, 6) is -6.10. The Labute approximate surface area is 108 Å². The lowest BCUT2D eigenvalue weighted by Gasteiger charge is -2.16. The molecule has 2 aromatic rings. The fourth-order valence-electron chi connectivity index (χ4n) is 2.05. The lowest BCUT2D eigenvalue weighted by Crippen LogP contribution is -2.10. The van der Waals surface area contributed by atoms with Crippen LogP contribution >= 0.6 is 0 Å². The van der Waals surface area contributed by atoms with Crippen molar-refractivity contribution in [3.63, 3.8) is 0 Å². The highest BCUT2D eigenvalue weighted by Crippen LogP contribution is 2.32. The molecule has 2 rings (SSSR count). The highest BCUT2D eigenvalue weighted by atomic mass is 19.2. The molecule has 0 spiro atoms. The van der Waals surface area contributed by atoms with E-state index in [1.165, 1.54) is 6.92 Å². The molecule has 19 heavy (non-hydrogen) atoms. The lowest BCUT2D eigenvalue weighted by molar-refractivity contribution is 0.427. The summed E-state index contributed by atoms with van der Waals surface area (Å²) in [5.41, 5.74) is -0.631. The van der Waals surface area contributed by atoms with Crippen molar-refractivity contribution in [1.29, 1.82) is 0 Å². The summed E-state index contributed by atoms with van der Waals surface area (Å²) in [7, 11) is 0. The molecule has 100 valence electrons. The van der Waals surface area contributed by atoms with E-state index in [4.69, 9.17) is 0 Å². The molecule has 1 unspecified atom stereocenters. The smallest absolute Gasteiger partial charge is 0.166 e. The van der Waals surface area contributed by atoms with E-state index in [9.17, 15) is 17.6 Å². The molecule has 0 aromatic heterocycles. The lowest BCUT2D eigenvalue weighted by atomic mass is 9.91. The van der Waals surface area contributed by atoms with Crippen molar-refractivity contribution in [3.8, 4) is 0 Å². The number of rotatable bonds is 2. The van der Waals surface area contributed by atoms with E-state index in [1.807, 2.05) is 0 Å². The van der Waals surface area contributed by atoms with Gasteiger partial charge in [-0.2, -0.15) is 0 Å². The molecule has 0 aliphatic carbocycles. The second-order valence-electron chi connectivity index (χ2n) is 4.43. The van der Waals surface area contributed by atoms with Crippen molar-refractivity contribution in [3.05, 3.63) is 70.3 Å². The Morgan fingerprint density at radius 2 is 1.26 bits per heavy atom. The summed E-state index contributed by atoms with van der Waals surface area (Å²) in [6.45, 7) is 2.51. The standard InChI is InChI=1S/C15H12F4/c1-8(10-6-4-3-5-7-10)11-14(18)12(16)9(2)13(17)15(11)19/h3-8H,1-2H3. The first kappa shape index (κ1) is 13.6. The SMILES string of the molecule is Cc1c(F)c(F)c(C(C)c2ccccc2)c(F)c1F. The van der Waals surface area contributed by atoms with Gasteiger partial charge in [0.15, 0.2) is 23.3 Å². The quantitative estimate of drug-likeness (QED) is 0.547. The summed E-state index contributed by atoms with van der Waals surface area (Å²) < 4.78 is 54.8. The van der Waals surface area contributed by atoms with Crippen LogP contribution in [0.1, 0.15) is 29.5 Å². The Morgan fingerprint density at radius 3 is 1.74 bits per heavy atom. The van der Waals surface area contributed by atoms with Crippen LogP contribution in [0.2, 0.25) is 0 Å². The van der Waals surface area contributed by atoms with Crippen LogP contribution < -0.4 is 0 Å². The van der Waals surface area contributed by atoms with Gasteiger partial charge in [0.25, 0.3) is 0 Å². The minimum absolute atomic E-state index is 0.577. The van der Waals surface area contributed by atoms with E-state index in [0.717, 1.165) is 6.92 Å². The average Bonchev–Trinajstić information content (AvgIpc) is 2.44. The maximum Gasteiger partial charge on any atom is 0.166 e. The third-order valence-electron chi connectivity index (χ3n) is 3.25. The van der Waals surface area contributed by atoms with Crippen molar-refractivity contribution in [2.24, 2.45) is 0 Å². The minimum Gasteiger partial charge on any atom is -0.203 e. The van der Waals surface area contributed by atoms with Crippen molar-refractivity contribution >= 4 is 0 Å². The Hall–Kier alpha value is -1.84. The number of hydrogen-bond acceptors (Lipinski definition) is 0. The van der Waals surface area contributed by atoms with Crippen LogP contribution in [0, 0.1) is 30.2 Å². The zero-order valence-electron chi connectivity index (χ0n) is 10.5. The Balaban J connectivity index is 2.64. The summed E-state index contributed by atoms with van der Waals surface area (Å²) >= 11 is 0. The van der Waals surface area contributed by atoms with Crippen LogP contribution in [0.25, 0.3) is 0 Å². The molecule has 0 bridgehead atoms. The maximum absolute atomic E-state index is 13.9. The highest BCUT2D eigenvalue weighted by molar-refractivity contribution is 5.37. The van der Waals surface area contributed by atoms with Crippen LogP contribution in [0.5, 0.6) is 0 Å². The van der Waals surface area contributed by atoms with Gasteiger partial charge < -0.3 is 0 Å². The normalized spacial score (nSPS) is 12.5. The van der Waals surface area contributed by atoms with E-state index in [-0.39, 0.29) is 0 Å². The highest BCUT2D eigenvalue weighted by Gasteiger charge is 2.26. The van der Waals surface area contributed by atoms with E-state index in [1.54, 1.807) is 30.3 Å². The third kappa shape index (κ3) is 2.23. The van der Waals surface area contributed by atoms with Gasteiger partial charge in [-0.25, -0.2) is 17.6 Å². The van der Waals surface area contributed by atoms with Crippen LogP contribution in [-0.2, 0) is 0 Å². The van der Waals surface area contributed by atoms with Crippen molar-refractivity contribution in [2.45, 2.75) is 19.8 Å². The first-order valence-electron chi connectivity index (χ1n) is 5.82. The van der Waals surface area contributed by atoms with E-state index in [2.05, 4.69) is 0 Å². The molecule has 1 atom stereocenters. The molecule has 0 fully saturated rings. The molecule has 0 saturated carbocycles. The van der Waals surface area contributed by atoms with Gasteiger partial charge >= 0.3 is 0 Å². The van der Waals surface area contributed by atoms with Crippen LogP contribution in [0.4, 0.5) is 17.6 Å². The largest absolute Gasteiger partial charge is 0.203 e. The van der Waals surface area contributed by atoms with Gasteiger partial charge in [0.05, 0.1) is 0 Å². The summed E-state index contributed by atoms with van der Waals surface area (Å²) in [6.07, 6.45) is 0. The fourth-order valence-corrected chi connectivity index (χ4v) is 2.05. The van der Waals surface area contributed by atoms with Gasteiger partial charge in [-0.05, 0) is 12.5 Å². The van der Waals surface area contributed by atoms with Crippen LogP contribution in [-0.4, -0.2) is 0 Å². The summed E-state index contributed by atoms with van der Waals surface area (Å²) in [4.78, 5) is 0. The zero-order chi connectivity index (χ0) is 14.2. The van der Waals surface area contributed by atoms with E-state index >= 15 is 0 Å². The van der Waals surface area contributed by atoms with Gasteiger partial charge in [0.2, 0.25) is 0 Å². The van der Waals surface area contributed by atoms with Gasteiger partial charge in [0.1, 0.15) is 0 Å². The van der Waals surface area contributed by atoms with E-state index < -0.39 is 40.3 Å². The van der Waals surface area contributed by atoms with Gasteiger partial charge in [-0.3, -0.25) is 0 Å². The van der Waals surface area contributed by atoms with Crippen molar-refractivity contribution in [1.82, 2.24) is 0 Å². The summed E-state index contributed by atoms with van der Waals surface area (Å²) in [5, 5.41) is 0. The predicted octanol–water partition coefficient (Wildman–Crippen LogP) is 4.70. The first-order valence-corrected chi connectivity index (χ1v) is 5.82. The van der Waals surface area contributed by atoms with Gasteiger partial charge in [0, 0.05) is 17.0 Å². The average molecular weight is 268 g/mol. The van der Waals surface area contributed by atoms with Gasteiger partial charge in [-0.1, -0.05) is 37.3 Å². The molecule has 0 amide bonds. The number of halogens is 4. The number of benzene rings is 2. The summed E-state index contributed by atoms with van der Waals surface area (Å²) in [6, 6.07) is 8.45. The molecule has 4 heteroatoms. The van der Waals surface area contributed by atoms with Crippen LogP contribution in [0.3, 0.4) is 0 Å². The zero-order valence-corrected chi connectivity index (χ0v) is 10.5. The molecular formula is C15H12F4. The molecule has 0 radical (unpaired) electrons. The topological polar surface area (TPSA) is 0 Å². The molecule has 2 aromatic carbocycles. The minimum atomic E-state index is -1.34. The Bertz CT molecular complexity index is 576. The van der Waals surface area contributed by atoms with Crippen LogP contribution in [0.15, 0.2) is 30.3 Å². The maximum atomic E-state index is 13.9. The molecular weight excluding hydrogens is 256 g/mol. The molecule has 0 heterocycles. The monoisotopic (exact) mass is 268 g/mol. The molecule has 0 aliphatic rings. The molecule has 0 aliphatic heterocycles. The van der Waals surface area contributed by atoms with Gasteiger partial charge in [-0.15, -0.1) is 0 Å². The molecule has 0 N–H and O–H groups in total. The predicted molar refractivity (Wildman–Crippen MR) is 65.0 cm³/mol. The molecule has 0 nitrogen and oxygen atoms in total. The van der Waals surface area contributed by atoms with Crippen molar-refractivity contribution < 1.29 is 17.6 Å². The first-order chi connectivity index (χ1) is 8.95. The second kappa shape index (κ2) is 5.03. The van der Waals surface area contributed by atoms with Crippen molar-refractivity contribution in [2.75, 3.05) is 0 Å². The number of hydrogen-bond donors (Lipinski definition) is 0. The third-order valence-corrected chi connectivity index (χ3v) is 3.25. The Morgan fingerprint density at radius 1 is 0.789 bits per heavy atom. The molecule has 0 saturated heterocycles. The fraction of sp³-hybridized carbons (Fsp3) is 0.200. The Kier molecular flexibility index (Phi) is 3.60.